The average molecular weight is 222 g/mol. The minimum Gasteiger partial charge on any atom is -0.457 e. The smallest absolute Gasteiger partial charge is 0.248 e. The fraction of sp³-hybridized carbons (Fsp3) is 0.444. The fourth-order valence-corrected chi connectivity index (χ4v) is 1.39. The monoisotopic (exact) mass is 222 g/mol. The van der Waals surface area contributed by atoms with Gasteiger partial charge in [-0.25, -0.2) is 4.98 Å². The number of nitrogens with two attached hydrogens (primary N) is 2. The van der Waals surface area contributed by atoms with Crippen molar-refractivity contribution >= 4 is 17.1 Å². The predicted molar refractivity (Wildman–Crippen MR) is 59.6 cm³/mol. The number of hydrogen-bond donors (Lipinski definition) is 3. The van der Waals surface area contributed by atoms with Crippen molar-refractivity contribution in [3.05, 3.63) is 6.33 Å². The SMILES string of the molecule is CCCC(N)Oc1nc(N)nc2[nH]cnc12. The van der Waals surface area contributed by atoms with Crippen LogP contribution in [0.2, 0.25) is 0 Å². The number of anilines is 1. The highest BCUT2D eigenvalue weighted by Crippen LogP contribution is 2.20. The van der Waals surface area contributed by atoms with Crippen molar-refractivity contribution in [3.8, 4) is 5.88 Å². The number of imidazole rings is 1. The summed E-state index contributed by atoms with van der Waals surface area (Å²) in [6.07, 6.45) is 2.79. The molecule has 0 amide bonds. The second-order valence-electron chi connectivity index (χ2n) is 3.43. The van der Waals surface area contributed by atoms with Crippen LogP contribution in [-0.2, 0) is 0 Å². The van der Waals surface area contributed by atoms with Gasteiger partial charge in [0.1, 0.15) is 6.23 Å². The van der Waals surface area contributed by atoms with Crippen LogP contribution in [0.25, 0.3) is 11.2 Å². The van der Waals surface area contributed by atoms with Crippen molar-refractivity contribution in [2.45, 2.75) is 26.0 Å². The number of aromatic nitrogens is 4. The van der Waals surface area contributed by atoms with Gasteiger partial charge in [-0.2, -0.15) is 9.97 Å². The molecule has 0 aliphatic rings. The van der Waals surface area contributed by atoms with E-state index in [1.807, 2.05) is 6.92 Å². The second-order valence-corrected chi connectivity index (χ2v) is 3.43. The molecular formula is C9H14N6O. The summed E-state index contributed by atoms with van der Waals surface area (Å²) in [4.78, 5) is 14.9. The molecule has 5 N–H and O–H groups in total. The van der Waals surface area contributed by atoms with E-state index in [1.165, 1.54) is 6.33 Å². The van der Waals surface area contributed by atoms with Crippen molar-refractivity contribution in [3.63, 3.8) is 0 Å². The Morgan fingerprint density at radius 3 is 3.06 bits per heavy atom. The molecule has 0 fully saturated rings. The number of ether oxygens (including phenoxy) is 1. The summed E-state index contributed by atoms with van der Waals surface area (Å²) in [6.45, 7) is 2.03. The Morgan fingerprint density at radius 1 is 1.50 bits per heavy atom. The molecule has 0 aromatic carbocycles. The molecule has 0 radical (unpaired) electrons. The molecule has 2 rings (SSSR count). The maximum absolute atomic E-state index is 5.76. The molecule has 7 heteroatoms. The van der Waals surface area contributed by atoms with Crippen LogP contribution in [0.5, 0.6) is 5.88 Å². The summed E-state index contributed by atoms with van der Waals surface area (Å²) in [6, 6.07) is 0. The minimum absolute atomic E-state index is 0.135. The highest BCUT2D eigenvalue weighted by molar-refractivity contribution is 5.76. The highest BCUT2D eigenvalue weighted by atomic mass is 16.5. The average Bonchev–Trinajstić information content (AvgIpc) is 2.65. The molecular weight excluding hydrogens is 208 g/mol. The van der Waals surface area contributed by atoms with Crippen LogP contribution in [0.4, 0.5) is 5.95 Å². The van der Waals surface area contributed by atoms with Gasteiger partial charge >= 0.3 is 0 Å². The molecule has 0 spiro atoms. The molecule has 7 nitrogen and oxygen atoms in total. The first kappa shape index (κ1) is 10.6. The standard InChI is InChI=1S/C9H14N6O/c1-2-3-5(10)16-8-6-7(13-4-12-6)14-9(11)15-8/h4-5H,2-3,10H2,1H3,(H3,11,12,13,14,15). The lowest BCUT2D eigenvalue weighted by atomic mass is 10.3. The third-order valence-electron chi connectivity index (χ3n) is 2.10. The second kappa shape index (κ2) is 4.31. The summed E-state index contributed by atoms with van der Waals surface area (Å²) in [5, 5.41) is 0. The first-order valence-electron chi connectivity index (χ1n) is 5.09. The van der Waals surface area contributed by atoms with Crippen LogP contribution in [0.1, 0.15) is 19.8 Å². The summed E-state index contributed by atoms with van der Waals surface area (Å²) in [5.74, 6) is 0.458. The predicted octanol–water partition coefficient (Wildman–Crippen LogP) is 0.399. The molecule has 2 aromatic rings. The number of aromatic amines is 1. The maximum atomic E-state index is 5.76. The summed E-state index contributed by atoms with van der Waals surface area (Å²) < 4.78 is 5.47. The molecule has 16 heavy (non-hydrogen) atoms. The number of nitrogens with one attached hydrogen (secondary N) is 1. The largest absolute Gasteiger partial charge is 0.457 e. The van der Waals surface area contributed by atoms with Gasteiger partial charge in [0.05, 0.1) is 6.33 Å². The molecule has 0 saturated carbocycles. The van der Waals surface area contributed by atoms with Crippen molar-refractivity contribution in [1.29, 1.82) is 0 Å². The zero-order chi connectivity index (χ0) is 11.5. The third kappa shape index (κ3) is 2.03. The molecule has 1 atom stereocenters. The van der Waals surface area contributed by atoms with E-state index in [0.717, 1.165) is 12.8 Å². The van der Waals surface area contributed by atoms with E-state index in [0.29, 0.717) is 17.0 Å². The van der Waals surface area contributed by atoms with Gasteiger partial charge in [0.15, 0.2) is 11.2 Å². The molecule has 0 bridgehead atoms. The van der Waals surface area contributed by atoms with Gasteiger partial charge in [-0.1, -0.05) is 13.3 Å². The Labute approximate surface area is 92.2 Å². The summed E-state index contributed by atoms with van der Waals surface area (Å²) >= 11 is 0. The van der Waals surface area contributed by atoms with Gasteiger partial charge in [-0.3, -0.25) is 5.73 Å². The Bertz CT molecular complexity index is 482. The Balaban J connectivity index is 2.31. The van der Waals surface area contributed by atoms with Gasteiger partial charge in [-0.05, 0) is 6.42 Å². The number of rotatable bonds is 4. The van der Waals surface area contributed by atoms with E-state index in [9.17, 15) is 0 Å². The third-order valence-corrected chi connectivity index (χ3v) is 2.10. The number of H-pyrrole nitrogens is 1. The van der Waals surface area contributed by atoms with E-state index in [1.54, 1.807) is 0 Å². The summed E-state index contributed by atoms with van der Waals surface area (Å²) in [5.41, 5.74) is 12.4. The zero-order valence-corrected chi connectivity index (χ0v) is 8.97. The number of hydrogen-bond acceptors (Lipinski definition) is 6. The van der Waals surface area contributed by atoms with Crippen LogP contribution in [0.15, 0.2) is 6.33 Å². The van der Waals surface area contributed by atoms with Crippen molar-refractivity contribution < 1.29 is 4.74 Å². The van der Waals surface area contributed by atoms with E-state index in [-0.39, 0.29) is 5.95 Å². The van der Waals surface area contributed by atoms with E-state index < -0.39 is 6.23 Å². The molecule has 0 saturated heterocycles. The number of fused-ring (bicyclic) bond motifs is 1. The van der Waals surface area contributed by atoms with Crippen molar-refractivity contribution in [1.82, 2.24) is 19.9 Å². The quantitative estimate of drug-likeness (QED) is 0.645. The van der Waals surface area contributed by atoms with Gasteiger partial charge in [-0.15, -0.1) is 0 Å². The van der Waals surface area contributed by atoms with Gasteiger partial charge in [0.2, 0.25) is 11.8 Å². The Kier molecular flexibility index (Phi) is 2.86. The van der Waals surface area contributed by atoms with Crippen LogP contribution >= 0.6 is 0 Å². The van der Waals surface area contributed by atoms with Gasteiger partial charge in [0.25, 0.3) is 0 Å². The molecule has 2 aromatic heterocycles. The number of nitrogens with zero attached hydrogens (tertiary/aromatic N) is 3. The van der Waals surface area contributed by atoms with E-state index >= 15 is 0 Å². The highest BCUT2D eigenvalue weighted by Gasteiger charge is 2.12. The molecule has 86 valence electrons. The molecule has 1 unspecified atom stereocenters. The normalized spacial score (nSPS) is 12.9. The van der Waals surface area contributed by atoms with Crippen molar-refractivity contribution in [2.24, 2.45) is 5.73 Å². The molecule has 2 heterocycles. The van der Waals surface area contributed by atoms with Gasteiger partial charge < -0.3 is 15.5 Å². The van der Waals surface area contributed by atoms with E-state index in [4.69, 9.17) is 16.2 Å². The van der Waals surface area contributed by atoms with Crippen LogP contribution in [0, 0.1) is 0 Å². The Morgan fingerprint density at radius 2 is 2.31 bits per heavy atom. The summed E-state index contributed by atoms with van der Waals surface area (Å²) in [7, 11) is 0. The lowest BCUT2D eigenvalue weighted by Gasteiger charge is -2.12. The van der Waals surface area contributed by atoms with Gasteiger partial charge in [0, 0.05) is 0 Å². The van der Waals surface area contributed by atoms with E-state index in [2.05, 4.69) is 19.9 Å². The van der Waals surface area contributed by atoms with Crippen molar-refractivity contribution in [2.75, 3.05) is 5.73 Å². The molecule has 0 aliphatic heterocycles. The number of nitrogen functional groups attached to an aromatic ring is 1. The maximum Gasteiger partial charge on any atom is 0.248 e. The minimum atomic E-state index is -0.404. The van der Waals surface area contributed by atoms with Crippen LogP contribution in [0.3, 0.4) is 0 Å². The van der Waals surface area contributed by atoms with Crippen LogP contribution < -0.4 is 16.2 Å². The fourth-order valence-electron chi connectivity index (χ4n) is 1.39. The molecule has 0 aliphatic carbocycles. The first-order chi connectivity index (χ1) is 7.70. The van der Waals surface area contributed by atoms with Crippen LogP contribution in [-0.4, -0.2) is 26.2 Å². The topological polar surface area (TPSA) is 116 Å². The lowest BCUT2D eigenvalue weighted by molar-refractivity contribution is 0.192. The zero-order valence-electron chi connectivity index (χ0n) is 8.97. The lowest BCUT2D eigenvalue weighted by Crippen LogP contribution is -2.27. The Hall–Kier alpha value is -1.89. The first-order valence-corrected chi connectivity index (χ1v) is 5.09.